The van der Waals surface area contributed by atoms with E-state index in [0.29, 0.717) is 16.5 Å². The molecule has 2 aromatic carbocycles. The molecule has 1 nitrogen and oxygen atoms in total. The zero-order valence-electron chi connectivity index (χ0n) is 11.1. The Kier molecular flexibility index (Phi) is 4.22. The van der Waals surface area contributed by atoms with E-state index >= 15 is 0 Å². The van der Waals surface area contributed by atoms with Crippen LogP contribution in [0.3, 0.4) is 0 Å². The van der Waals surface area contributed by atoms with Crippen LogP contribution < -0.4 is 0 Å². The van der Waals surface area contributed by atoms with Crippen LogP contribution in [0.15, 0.2) is 59.1 Å². The maximum absolute atomic E-state index is 13.9. The Bertz CT molecular complexity index is 770. The van der Waals surface area contributed by atoms with Gasteiger partial charge in [-0.05, 0) is 24.3 Å². The minimum Gasteiger partial charge on any atom is -0.253 e. The minimum absolute atomic E-state index is 0.301. The summed E-state index contributed by atoms with van der Waals surface area (Å²) in [6, 6.07) is 16.7. The molecule has 1 aromatic heterocycles. The lowest BCUT2D eigenvalue weighted by Gasteiger charge is -2.13. The van der Waals surface area contributed by atoms with Crippen molar-refractivity contribution in [1.82, 2.24) is 4.98 Å². The predicted molar refractivity (Wildman–Crippen MR) is 88.1 cm³/mol. The van der Waals surface area contributed by atoms with Gasteiger partial charge in [-0.2, -0.15) is 0 Å². The topological polar surface area (TPSA) is 12.9 Å². The van der Waals surface area contributed by atoms with Crippen LogP contribution in [-0.2, 0) is 6.42 Å². The summed E-state index contributed by atoms with van der Waals surface area (Å²) in [5.41, 5.74) is 2.25. The van der Waals surface area contributed by atoms with E-state index in [2.05, 4.69) is 20.9 Å². The molecule has 0 aliphatic heterocycles. The Morgan fingerprint density at radius 1 is 1.05 bits per heavy atom. The first-order valence-corrected chi connectivity index (χ1v) is 7.81. The van der Waals surface area contributed by atoms with Gasteiger partial charge >= 0.3 is 0 Å². The molecule has 21 heavy (non-hydrogen) atoms. The summed E-state index contributed by atoms with van der Waals surface area (Å²) in [4.78, 5) is 4.58. The number of aromatic nitrogens is 1. The van der Waals surface area contributed by atoms with Gasteiger partial charge in [0.1, 0.15) is 5.82 Å². The molecule has 3 aromatic rings. The van der Waals surface area contributed by atoms with Gasteiger partial charge in [0, 0.05) is 27.5 Å². The minimum atomic E-state index is -0.464. The van der Waals surface area contributed by atoms with Crippen molar-refractivity contribution in [3.05, 3.63) is 76.1 Å². The number of rotatable bonds is 3. The van der Waals surface area contributed by atoms with E-state index in [1.54, 1.807) is 12.1 Å². The van der Waals surface area contributed by atoms with E-state index < -0.39 is 5.38 Å². The van der Waals surface area contributed by atoms with Gasteiger partial charge in [-0.15, -0.1) is 11.6 Å². The smallest absolute Gasteiger partial charge is 0.129 e. The number of benzene rings is 2. The van der Waals surface area contributed by atoms with Gasteiger partial charge in [-0.1, -0.05) is 46.3 Å². The molecule has 0 aliphatic carbocycles. The van der Waals surface area contributed by atoms with Crippen molar-refractivity contribution in [1.29, 1.82) is 0 Å². The first-order chi connectivity index (χ1) is 10.1. The lowest BCUT2D eigenvalue weighted by molar-refractivity contribution is 0.603. The first kappa shape index (κ1) is 14.5. The molecular weight excluding hydrogens is 353 g/mol. The van der Waals surface area contributed by atoms with E-state index in [4.69, 9.17) is 11.6 Å². The molecule has 1 unspecified atom stereocenters. The average molecular weight is 365 g/mol. The fraction of sp³-hybridized carbons (Fsp3) is 0.118. The zero-order valence-corrected chi connectivity index (χ0v) is 13.4. The maximum Gasteiger partial charge on any atom is 0.129 e. The molecule has 4 heteroatoms. The number of hydrogen-bond acceptors (Lipinski definition) is 1. The number of para-hydroxylation sites is 1. The molecule has 3 rings (SSSR count). The number of fused-ring (bicyclic) bond motifs is 1. The molecule has 0 radical (unpaired) electrons. The first-order valence-electron chi connectivity index (χ1n) is 6.58. The van der Waals surface area contributed by atoms with Crippen LogP contribution in [0.25, 0.3) is 10.9 Å². The zero-order chi connectivity index (χ0) is 14.8. The quantitative estimate of drug-likeness (QED) is 0.547. The Labute approximate surface area is 135 Å². The van der Waals surface area contributed by atoms with Crippen LogP contribution in [0, 0.1) is 5.82 Å². The normalized spacial score (nSPS) is 12.5. The maximum atomic E-state index is 13.9. The second-order valence-electron chi connectivity index (χ2n) is 4.80. The van der Waals surface area contributed by atoms with E-state index in [1.165, 1.54) is 6.07 Å². The largest absolute Gasteiger partial charge is 0.253 e. The molecule has 0 bridgehead atoms. The summed E-state index contributed by atoms with van der Waals surface area (Å²) in [6.07, 6.45) is 0.478. The highest BCUT2D eigenvalue weighted by atomic mass is 79.9. The van der Waals surface area contributed by atoms with Crippen molar-refractivity contribution in [3.63, 3.8) is 0 Å². The molecule has 0 fully saturated rings. The number of halogens is 3. The van der Waals surface area contributed by atoms with E-state index in [-0.39, 0.29) is 5.82 Å². The Balaban J connectivity index is 1.91. The summed E-state index contributed by atoms with van der Waals surface area (Å²) >= 11 is 9.75. The number of hydrogen-bond donors (Lipinski definition) is 0. The van der Waals surface area contributed by atoms with E-state index in [0.717, 1.165) is 16.6 Å². The summed E-state index contributed by atoms with van der Waals surface area (Å²) in [5, 5.41) is 0.619. The SMILES string of the molecule is Fc1cccc(Br)c1C(Cl)Cc1ccc2ccccc2n1. The fourth-order valence-electron chi connectivity index (χ4n) is 2.32. The lowest BCUT2D eigenvalue weighted by atomic mass is 10.1. The van der Waals surface area contributed by atoms with Gasteiger partial charge in [0.15, 0.2) is 0 Å². The third kappa shape index (κ3) is 3.09. The van der Waals surface area contributed by atoms with Gasteiger partial charge in [0.2, 0.25) is 0 Å². The molecule has 0 saturated carbocycles. The highest BCUT2D eigenvalue weighted by Gasteiger charge is 2.17. The van der Waals surface area contributed by atoms with Crippen LogP contribution in [0.2, 0.25) is 0 Å². The van der Waals surface area contributed by atoms with Crippen LogP contribution in [-0.4, -0.2) is 4.98 Å². The van der Waals surface area contributed by atoms with Crippen LogP contribution in [0.1, 0.15) is 16.6 Å². The monoisotopic (exact) mass is 363 g/mol. The number of pyridine rings is 1. The van der Waals surface area contributed by atoms with Gasteiger partial charge in [-0.25, -0.2) is 4.39 Å². The van der Waals surface area contributed by atoms with Crippen LogP contribution in [0.5, 0.6) is 0 Å². The van der Waals surface area contributed by atoms with Crippen molar-refractivity contribution >= 4 is 38.4 Å². The number of nitrogens with zero attached hydrogens (tertiary/aromatic N) is 1. The highest BCUT2D eigenvalue weighted by molar-refractivity contribution is 9.10. The van der Waals surface area contributed by atoms with Gasteiger partial charge < -0.3 is 0 Å². The number of alkyl halides is 1. The van der Waals surface area contributed by atoms with Crippen molar-refractivity contribution in [2.75, 3.05) is 0 Å². The van der Waals surface area contributed by atoms with Crippen molar-refractivity contribution in [2.45, 2.75) is 11.8 Å². The molecule has 0 amide bonds. The Hall–Kier alpha value is -1.45. The Morgan fingerprint density at radius 2 is 1.86 bits per heavy atom. The fourth-order valence-corrected chi connectivity index (χ4v) is 3.45. The van der Waals surface area contributed by atoms with Crippen molar-refractivity contribution < 1.29 is 4.39 Å². The van der Waals surface area contributed by atoms with E-state index in [9.17, 15) is 4.39 Å². The molecule has 0 aliphatic rings. The molecule has 1 heterocycles. The van der Waals surface area contributed by atoms with Gasteiger partial charge in [-0.3, -0.25) is 4.98 Å². The van der Waals surface area contributed by atoms with Crippen LogP contribution in [0.4, 0.5) is 4.39 Å². The third-order valence-corrected chi connectivity index (χ3v) is 4.42. The predicted octanol–water partition coefficient (Wildman–Crippen LogP) is 5.66. The van der Waals surface area contributed by atoms with Crippen molar-refractivity contribution in [2.24, 2.45) is 0 Å². The highest BCUT2D eigenvalue weighted by Crippen LogP contribution is 2.33. The summed E-state index contributed by atoms with van der Waals surface area (Å²) in [7, 11) is 0. The second kappa shape index (κ2) is 6.12. The standard InChI is InChI=1S/C17H12BrClFN/c18-13-5-3-6-15(20)17(13)14(19)10-12-9-8-11-4-1-2-7-16(11)21-12/h1-9,14H,10H2. The third-order valence-electron chi connectivity index (χ3n) is 3.36. The molecule has 106 valence electrons. The van der Waals surface area contributed by atoms with Crippen LogP contribution >= 0.6 is 27.5 Å². The Morgan fingerprint density at radius 3 is 2.67 bits per heavy atom. The summed E-state index contributed by atoms with van der Waals surface area (Å²) < 4.78 is 14.6. The molecule has 1 atom stereocenters. The molecule has 0 spiro atoms. The second-order valence-corrected chi connectivity index (χ2v) is 6.18. The van der Waals surface area contributed by atoms with Gasteiger partial charge in [0.05, 0.1) is 10.9 Å². The lowest BCUT2D eigenvalue weighted by Crippen LogP contribution is -2.02. The average Bonchev–Trinajstić information content (AvgIpc) is 2.47. The van der Waals surface area contributed by atoms with E-state index in [1.807, 2.05) is 36.4 Å². The summed E-state index contributed by atoms with van der Waals surface area (Å²) in [6.45, 7) is 0. The molecule has 0 saturated heterocycles. The van der Waals surface area contributed by atoms with Gasteiger partial charge in [0.25, 0.3) is 0 Å². The van der Waals surface area contributed by atoms with Crippen molar-refractivity contribution in [3.8, 4) is 0 Å². The summed E-state index contributed by atoms with van der Waals surface area (Å²) in [5.74, 6) is -0.301. The molecule has 0 N–H and O–H groups in total. The molecular formula is C17H12BrClFN.